The van der Waals surface area contributed by atoms with E-state index in [0.29, 0.717) is 6.54 Å². The van der Waals surface area contributed by atoms with Gasteiger partial charge in [0.1, 0.15) is 24.0 Å². The highest BCUT2D eigenvalue weighted by Crippen LogP contribution is 2.31. The van der Waals surface area contributed by atoms with Crippen molar-refractivity contribution in [1.82, 2.24) is 34.9 Å². The Labute approximate surface area is 147 Å². The first-order chi connectivity index (χ1) is 11.9. The molecule has 0 aromatic carbocycles. The number of hydrogen-bond acceptors (Lipinski definition) is 6. The summed E-state index contributed by atoms with van der Waals surface area (Å²) in [7, 11) is 2.12. The van der Waals surface area contributed by atoms with E-state index in [1.807, 2.05) is 27.0 Å². The minimum absolute atomic E-state index is 0.121. The van der Waals surface area contributed by atoms with Crippen LogP contribution in [0.3, 0.4) is 0 Å². The Balaban J connectivity index is 1.76. The Bertz CT molecular complexity index is 741. The van der Waals surface area contributed by atoms with Gasteiger partial charge in [-0.25, -0.2) is 19.6 Å². The number of likely N-dealkylation sites (tertiary alicyclic amines) is 1. The van der Waals surface area contributed by atoms with Crippen LogP contribution in [-0.4, -0.2) is 49.1 Å². The van der Waals surface area contributed by atoms with Crippen LogP contribution in [0.15, 0.2) is 18.9 Å². The van der Waals surface area contributed by atoms with E-state index in [1.165, 1.54) is 6.33 Å². The number of nitrogens with zero attached hydrogens (tertiary/aromatic N) is 6. The summed E-state index contributed by atoms with van der Waals surface area (Å²) in [4.78, 5) is 27.9. The van der Waals surface area contributed by atoms with Gasteiger partial charge in [-0.3, -0.25) is 9.69 Å². The molecular weight excluding hydrogens is 318 g/mol. The molecule has 25 heavy (non-hydrogen) atoms. The lowest BCUT2D eigenvalue weighted by molar-refractivity contribution is -0.129. The molecule has 0 aliphatic carbocycles. The van der Waals surface area contributed by atoms with Crippen molar-refractivity contribution < 1.29 is 4.79 Å². The Morgan fingerprint density at radius 1 is 1.44 bits per heavy atom. The molecule has 3 rings (SSSR count). The van der Waals surface area contributed by atoms with Crippen LogP contribution in [0.5, 0.6) is 0 Å². The Morgan fingerprint density at radius 2 is 2.24 bits per heavy atom. The van der Waals surface area contributed by atoms with Crippen molar-refractivity contribution in [3.63, 3.8) is 0 Å². The highest BCUT2D eigenvalue weighted by molar-refractivity contribution is 5.83. The summed E-state index contributed by atoms with van der Waals surface area (Å²) in [5, 5.41) is 7.08. The zero-order valence-electron chi connectivity index (χ0n) is 15.2. The molecule has 8 nitrogen and oxygen atoms in total. The van der Waals surface area contributed by atoms with Gasteiger partial charge >= 0.3 is 0 Å². The second kappa shape index (κ2) is 6.87. The molecule has 1 amide bonds. The number of hydrogen-bond donors (Lipinski definition) is 1. The van der Waals surface area contributed by atoms with Crippen LogP contribution < -0.4 is 5.32 Å². The normalized spacial score (nSPS) is 18.5. The molecule has 8 heteroatoms. The zero-order valence-corrected chi connectivity index (χ0v) is 15.2. The lowest BCUT2D eigenvalue weighted by Crippen LogP contribution is -2.44. The van der Waals surface area contributed by atoms with Crippen molar-refractivity contribution in [3.8, 4) is 0 Å². The number of aryl methyl sites for hydroxylation is 1. The molecule has 3 heterocycles. The van der Waals surface area contributed by atoms with Crippen molar-refractivity contribution in [2.75, 3.05) is 13.6 Å². The smallest absolute Gasteiger partial charge is 0.247 e. The minimum atomic E-state index is -0.813. The summed E-state index contributed by atoms with van der Waals surface area (Å²) in [5.41, 5.74) is 1.17. The molecule has 0 saturated carbocycles. The number of rotatable bonds is 5. The fourth-order valence-corrected chi connectivity index (χ4v) is 3.19. The molecule has 134 valence electrons. The molecule has 0 bridgehead atoms. The lowest BCUT2D eigenvalue weighted by Gasteiger charge is -2.25. The highest BCUT2D eigenvalue weighted by Gasteiger charge is 2.31. The zero-order chi connectivity index (χ0) is 18.0. The predicted molar refractivity (Wildman–Crippen MR) is 92.6 cm³/mol. The van der Waals surface area contributed by atoms with Crippen molar-refractivity contribution in [2.45, 2.75) is 51.7 Å². The first kappa shape index (κ1) is 17.5. The maximum absolute atomic E-state index is 12.6. The van der Waals surface area contributed by atoms with E-state index in [-0.39, 0.29) is 11.9 Å². The molecule has 2 aromatic heterocycles. The van der Waals surface area contributed by atoms with Gasteiger partial charge < -0.3 is 5.32 Å². The fourth-order valence-electron chi connectivity index (χ4n) is 3.19. The molecule has 1 N–H and O–H groups in total. The first-order valence-electron chi connectivity index (χ1n) is 8.55. The van der Waals surface area contributed by atoms with Crippen LogP contribution in [-0.2, 0) is 16.9 Å². The molecule has 1 atom stereocenters. The molecular formula is C17H25N7O. The van der Waals surface area contributed by atoms with Crippen molar-refractivity contribution in [3.05, 3.63) is 35.9 Å². The third-order valence-corrected chi connectivity index (χ3v) is 4.84. The summed E-state index contributed by atoms with van der Waals surface area (Å²) in [6, 6.07) is 0.289. The first-order valence-corrected chi connectivity index (χ1v) is 8.55. The number of nitrogens with one attached hydrogen (secondary N) is 1. The third-order valence-electron chi connectivity index (χ3n) is 4.84. The minimum Gasteiger partial charge on any atom is -0.350 e. The van der Waals surface area contributed by atoms with E-state index in [0.717, 1.165) is 36.5 Å². The van der Waals surface area contributed by atoms with Gasteiger partial charge in [-0.2, -0.15) is 5.10 Å². The summed E-state index contributed by atoms with van der Waals surface area (Å²) in [6.45, 7) is 6.99. The maximum atomic E-state index is 12.6. The van der Waals surface area contributed by atoms with Crippen LogP contribution in [0, 0.1) is 6.92 Å². The Kier molecular flexibility index (Phi) is 4.80. The largest absolute Gasteiger partial charge is 0.350 e. The van der Waals surface area contributed by atoms with E-state index in [4.69, 9.17) is 0 Å². The molecule has 0 radical (unpaired) electrons. The number of carbonyl (C=O) groups is 1. The number of aromatic nitrogens is 5. The van der Waals surface area contributed by atoms with Crippen LogP contribution in [0.4, 0.5) is 0 Å². The average Bonchev–Trinajstić information content (AvgIpc) is 3.25. The molecule has 2 aromatic rings. The van der Waals surface area contributed by atoms with Gasteiger partial charge in [-0.15, -0.1) is 0 Å². The van der Waals surface area contributed by atoms with Gasteiger partial charge in [0, 0.05) is 18.3 Å². The molecule has 0 unspecified atom stereocenters. The van der Waals surface area contributed by atoms with Crippen molar-refractivity contribution in [1.29, 1.82) is 0 Å². The quantitative estimate of drug-likeness (QED) is 0.877. The fraction of sp³-hybridized carbons (Fsp3) is 0.588. The monoisotopic (exact) mass is 343 g/mol. The van der Waals surface area contributed by atoms with E-state index < -0.39 is 5.54 Å². The number of carbonyl (C=O) groups excluding carboxylic acids is 1. The average molecular weight is 343 g/mol. The van der Waals surface area contributed by atoms with Crippen LogP contribution in [0.1, 0.15) is 49.8 Å². The Hall–Kier alpha value is -2.35. The molecule has 1 aliphatic heterocycles. The maximum Gasteiger partial charge on any atom is 0.247 e. The third kappa shape index (κ3) is 3.53. The predicted octanol–water partition coefficient (Wildman–Crippen LogP) is 1.19. The lowest BCUT2D eigenvalue weighted by atomic mass is 10.0. The van der Waals surface area contributed by atoms with Gasteiger partial charge in [0.15, 0.2) is 0 Å². The van der Waals surface area contributed by atoms with Crippen molar-refractivity contribution >= 4 is 5.91 Å². The SMILES string of the molecule is Cc1ncc(CNC(=O)C(C)(C)n2cncn2)c([C@H]2CCCN2C)n1. The topological polar surface area (TPSA) is 88.8 Å². The van der Waals surface area contributed by atoms with E-state index in [2.05, 4.69) is 37.3 Å². The van der Waals surface area contributed by atoms with E-state index >= 15 is 0 Å². The molecule has 0 spiro atoms. The summed E-state index contributed by atoms with van der Waals surface area (Å²) in [6.07, 6.45) is 7.05. The molecule has 1 aliphatic rings. The van der Waals surface area contributed by atoms with Crippen LogP contribution in [0.25, 0.3) is 0 Å². The van der Waals surface area contributed by atoms with Crippen molar-refractivity contribution in [2.24, 2.45) is 0 Å². The molecule has 1 fully saturated rings. The van der Waals surface area contributed by atoms with Gasteiger partial charge in [-0.1, -0.05) is 0 Å². The van der Waals surface area contributed by atoms with Gasteiger partial charge in [-0.05, 0) is 47.2 Å². The second-order valence-corrected chi connectivity index (χ2v) is 7.05. The Morgan fingerprint density at radius 3 is 2.88 bits per heavy atom. The van der Waals surface area contributed by atoms with E-state index in [1.54, 1.807) is 11.0 Å². The molecule has 1 saturated heterocycles. The highest BCUT2D eigenvalue weighted by atomic mass is 16.2. The second-order valence-electron chi connectivity index (χ2n) is 7.05. The summed E-state index contributed by atoms with van der Waals surface area (Å²) < 4.78 is 1.56. The van der Waals surface area contributed by atoms with Gasteiger partial charge in [0.05, 0.1) is 11.7 Å². The summed E-state index contributed by atoms with van der Waals surface area (Å²) in [5.74, 6) is 0.637. The number of amides is 1. The van der Waals surface area contributed by atoms with Crippen LogP contribution >= 0.6 is 0 Å². The van der Waals surface area contributed by atoms with E-state index in [9.17, 15) is 4.79 Å². The van der Waals surface area contributed by atoms with Gasteiger partial charge in [0.2, 0.25) is 5.91 Å². The van der Waals surface area contributed by atoms with Gasteiger partial charge in [0.25, 0.3) is 0 Å². The van der Waals surface area contributed by atoms with Crippen LogP contribution in [0.2, 0.25) is 0 Å². The summed E-state index contributed by atoms with van der Waals surface area (Å²) >= 11 is 0. The standard InChI is InChI=1S/C17H25N7O/c1-12-19-8-13(15(22-12)14-6-5-7-23(14)4)9-20-16(25)17(2,3)24-11-18-10-21-24/h8,10-11,14H,5-7,9H2,1-4H3,(H,20,25)/t14-/m1/s1.